The van der Waals surface area contributed by atoms with E-state index in [0.717, 1.165) is 25.1 Å². The highest BCUT2D eigenvalue weighted by atomic mass is 16.1. The Morgan fingerprint density at radius 1 is 1.39 bits per heavy atom. The van der Waals surface area contributed by atoms with E-state index < -0.39 is 0 Å². The highest BCUT2D eigenvalue weighted by molar-refractivity contribution is 5.81. The number of aryl methyl sites for hydroxylation is 1. The molecule has 2 rings (SSSR count). The molecule has 0 bridgehead atoms. The van der Waals surface area contributed by atoms with Crippen LogP contribution in [0.15, 0.2) is 24.3 Å². The van der Waals surface area contributed by atoms with E-state index in [9.17, 15) is 4.79 Å². The van der Waals surface area contributed by atoms with Crippen LogP contribution in [0.3, 0.4) is 0 Å². The van der Waals surface area contributed by atoms with Crippen LogP contribution >= 0.6 is 0 Å². The minimum absolute atomic E-state index is 0.383. The lowest BCUT2D eigenvalue weighted by Crippen LogP contribution is -2.50. The zero-order valence-electron chi connectivity index (χ0n) is 11.6. The molecule has 0 spiro atoms. The first-order chi connectivity index (χ1) is 8.54. The molecule has 1 saturated heterocycles. The Bertz CT molecular complexity index is 419. The lowest BCUT2D eigenvalue weighted by atomic mass is 9.91. The molecule has 0 saturated carbocycles. The largest absolute Gasteiger partial charge is 0.300 e. The molecule has 1 aliphatic heterocycles. The van der Waals surface area contributed by atoms with Crippen molar-refractivity contribution < 1.29 is 4.79 Å². The van der Waals surface area contributed by atoms with E-state index in [0.29, 0.717) is 24.2 Å². The average molecular weight is 245 g/mol. The first-order valence-corrected chi connectivity index (χ1v) is 6.86. The van der Waals surface area contributed by atoms with Crippen LogP contribution in [0, 0.1) is 12.8 Å². The van der Waals surface area contributed by atoms with Gasteiger partial charge in [-0.05, 0) is 32.3 Å². The summed E-state index contributed by atoms with van der Waals surface area (Å²) < 4.78 is 0. The number of ketones is 1. The van der Waals surface area contributed by atoms with Crippen molar-refractivity contribution in [3.8, 4) is 0 Å². The maximum atomic E-state index is 12.0. The van der Waals surface area contributed by atoms with Crippen molar-refractivity contribution in [2.45, 2.75) is 39.7 Å². The highest BCUT2D eigenvalue weighted by Crippen LogP contribution is 2.22. The average Bonchev–Trinajstić information content (AvgIpc) is 2.22. The van der Waals surface area contributed by atoms with Gasteiger partial charge in [0, 0.05) is 32.0 Å². The maximum Gasteiger partial charge on any atom is 0.137 e. The van der Waals surface area contributed by atoms with Crippen LogP contribution < -0.4 is 0 Å². The smallest absolute Gasteiger partial charge is 0.137 e. The number of rotatable bonds is 5. The second-order valence-electron chi connectivity index (χ2n) is 5.82. The Balaban J connectivity index is 1.77. The zero-order valence-corrected chi connectivity index (χ0v) is 11.6. The van der Waals surface area contributed by atoms with E-state index in [1.54, 1.807) is 0 Å². The standard InChI is InChI=1S/C16H23NO/c1-12(2)17-10-15(11-17)9-16(18)8-14-6-4-5-13(3)7-14/h4-7,12,15H,8-11H2,1-3H3. The number of likely N-dealkylation sites (tertiary alicyclic amines) is 1. The summed E-state index contributed by atoms with van der Waals surface area (Å²) in [6, 6.07) is 8.88. The summed E-state index contributed by atoms with van der Waals surface area (Å²) in [5.74, 6) is 0.971. The molecule has 0 aliphatic carbocycles. The summed E-state index contributed by atoms with van der Waals surface area (Å²) in [6.45, 7) is 8.68. The monoisotopic (exact) mass is 245 g/mol. The number of hydrogen-bond acceptors (Lipinski definition) is 2. The predicted molar refractivity (Wildman–Crippen MR) is 74.7 cm³/mol. The summed E-state index contributed by atoms with van der Waals surface area (Å²) in [5.41, 5.74) is 2.38. The number of nitrogens with zero attached hydrogens (tertiary/aromatic N) is 1. The van der Waals surface area contributed by atoms with Gasteiger partial charge in [-0.2, -0.15) is 0 Å². The van der Waals surface area contributed by atoms with Gasteiger partial charge in [-0.1, -0.05) is 29.8 Å². The van der Waals surface area contributed by atoms with Crippen LogP contribution in [0.5, 0.6) is 0 Å². The summed E-state index contributed by atoms with van der Waals surface area (Å²) in [5, 5.41) is 0. The molecule has 98 valence electrons. The Labute approximate surface area is 110 Å². The topological polar surface area (TPSA) is 20.3 Å². The second kappa shape index (κ2) is 5.66. The molecule has 0 radical (unpaired) electrons. The Kier molecular flexibility index (Phi) is 4.18. The van der Waals surface area contributed by atoms with Gasteiger partial charge in [-0.3, -0.25) is 4.79 Å². The molecule has 0 aromatic heterocycles. The summed E-state index contributed by atoms with van der Waals surface area (Å²) in [6.07, 6.45) is 1.34. The van der Waals surface area contributed by atoms with Crippen LogP contribution in [0.2, 0.25) is 0 Å². The molecule has 1 heterocycles. The van der Waals surface area contributed by atoms with E-state index in [-0.39, 0.29) is 0 Å². The first-order valence-electron chi connectivity index (χ1n) is 6.86. The molecule has 0 amide bonds. The number of Topliss-reactive ketones (excluding diaryl/α,β-unsaturated/α-hetero) is 1. The summed E-state index contributed by atoms with van der Waals surface area (Å²) in [7, 11) is 0. The minimum Gasteiger partial charge on any atom is -0.300 e. The fourth-order valence-corrected chi connectivity index (χ4v) is 2.60. The lowest BCUT2D eigenvalue weighted by molar-refractivity contribution is -0.120. The van der Waals surface area contributed by atoms with E-state index >= 15 is 0 Å². The van der Waals surface area contributed by atoms with Gasteiger partial charge < -0.3 is 4.90 Å². The Hall–Kier alpha value is -1.15. The van der Waals surface area contributed by atoms with E-state index in [2.05, 4.69) is 37.8 Å². The van der Waals surface area contributed by atoms with Crippen LogP contribution in [-0.4, -0.2) is 29.8 Å². The predicted octanol–water partition coefficient (Wildman–Crippen LogP) is 2.84. The molecule has 18 heavy (non-hydrogen) atoms. The van der Waals surface area contributed by atoms with Crippen molar-refractivity contribution in [3.05, 3.63) is 35.4 Å². The minimum atomic E-state index is 0.383. The zero-order chi connectivity index (χ0) is 13.1. The van der Waals surface area contributed by atoms with E-state index in [1.807, 2.05) is 12.1 Å². The van der Waals surface area contributed by atoms with Gasteiger partial charge in [0.25, 0.3) is 0 Å². The molecular weight excluding hydrogens is 222 g/mol. The van der Waals surface area contributed by atoms with Crippen LogP contribution in [0.25, 0.3) is 0 Å². The summed E-state index contributed by atoms with van der Waals surface area (Å²) >= 11 is 0. The Morgan fingerprint density at radius 3 is 2.72 bits per heavy atom. The van der Waals surface area contributed by atoms with Crippen molar-refractivity contribution in [3.63, 3.8) is 0 Å². The number of hydrogen-bond donors (Lipinski definition) is 0. The molecule has 1 aromatic rings. The number of carbonyl (C=O) groups is 1. The van der Waals surface area contributed by atoms with Crippen LogP contribution in [-0.2, 0) is 11.2 Å². The van der Waals surface area contributed by atoms with E-state index in [4.69, 9.17) is 0 Å². The second-order valence-corrected chi connectivity index (χ2v) is 5.82. The normalized spacial score (nSPS) is 16.9. The molecule has 0 atom stereocenters. The van der Waals surface area contributed by atoms with E-state index in [1.165, 1.54) is 5.56 Å². The fraction of sp³-hybridized carbons (Fsp3) is 0.562. The molecule has 0 N–H and O–H groups in total. The number of carbonyl (C=O) groups excluding carboxylic acids is 1. The van der Waals surface area contributed by atoms with Crippen molar-refractivity contribution in [2.24, 2.45) is 5.92 Å². The Morgan fingerprint density at radius 2 is 2.11 bits per heavy atom. The van der Waals surface area contributed by atoms with Crippen molar-refractivity contribution >= 4 is 5.78 Å². The molecule has 1 aliphatic rings. The third-order valence-corrected chi connectivity index (χ3v) is 3.72. The van der Waals surface area contributed by atoms with Gasteiger partial charge >= 0.3 is 0 Å². The van der Waals surface area contributed by atoms with Crippen LogP contribution in [0.4, 0.5) is 0 Å². The van der Waals surface area contributed by atoms with Gasteiger partial charge in [-0.15, -0.1) is 0 Å². The van der Waals surface area contributed by atoms with Gasteiger partial charge in [0.2, 0.25) is 0 Å². The van der Waals surface area contributed by atoms with Gasteiger partial charge in [0.15, 0.2) is 0 Å². The molecular formula is C16H23NO. The van der Waals surface area contributed by atoms with Gasteiger partial charge in [0.05, 0.1) is 0 Å². The quantitative estimate of drug-likeness (QED) is 0.795. The number of benzene rings is 1. The van der Waals surface area contributed by atoms with Crippen molar-refractivity contribution in [1.82, 2.24) is 4.90 Å². The van der Waals surface area contributed by atoms with Gasteiger partial charge in [0.1, 0.15) is 5.78 Å². The highest BCUT2D eigenvalue weighted by Gasteiger charge is 2.29. The fourth-order valence-electron chi connectivity index (χ4n) is 2.60. The summed E-state index contributed by atoms with van der Waals surface area (Å²) in [4.78, 5) is 14.4. The first kappa shape index (κ1) is 13.3. The third-order valence-electron chi connectivity index (χ3n) is 3.72. The molecule has 0 unspecified atom stereocenters. The molecule has 1 fully saturated rings. The maximum absolute atomic E-state index is 12.0. The van der Waals surface area contributed by atoms with Gasteiger partial charge in [-0.25, -0.2) is 0 Å². The molecule has 2 heteroatoms. The van der Waals surface area contributed by atoms with Crippen LogP contribution in [0.1, 0.15) is 31.4 Å². The molecule has 2 nitrogen and oxygen atoms in total. The van der Waals surface area contributed by atoms with Crippen molar-refractivity contribution in [2.75, 3.05) is 13.1 Å². The van der Waals surface area contributed by atoms with Crippen molar-refractivity contribution in [1.29, 1.82) is 0 Å². The molecule has 1 aromatic carbocycles. The lowest BCUT2D eigenvalue weighted by Gasteiger charge is -2.41. The SMILES string of the molecule is Cc1cccc(CC(=O)CC2CN(C(C)C)C2)c1. The third kappa shape index (κ3) is 3.42.